The molecule has 2 aromatic heterocycles. The molecular weight excluding hydrogens is 378 g/mol. The second-order valence-corrected chi connectivity index (χ2v) is 8.62. The number of nitrogens with one attached hydrogen (secondary N) is 1. The lowest BCUT2D eigenvalue weighted by Crippen LogP contribution is -2.67. The number of aromatic nitrogens is 2. The third kappa shape index (κ3) is 3.22. The molecule has 2 aliphatic heterocycles. The van der Waals surface area contributed by atoms with Crippen molar-refractivity contribution in [2.24, 2.45) is 0 Å². The Kier molecular flexibility index (Phi) is 4.96. The van der Waals surface area contributed by atoms with Gasteiger partial charge in [0, 0.05) is 38.1 Å². The quantitative estimate of drug-likeness (QED) is 0.838. The van der Waals surface area contributed by atoms with Crippen LogP contribution in [0.25, 0.3) is 0 Å². The third-order valence-electron chi connectivity index (χ3n) is 5.84. The van der Waals surface area contributed by atoms with Gasteiger partial charge in [0.2, 0.25) is 5.91 Å². The highest BCUT2D eigenvalue weighted by Gasteiger charge is 2.49. The van der Waals surface area contributed by atoms with Crippen LogP contribution in [0.5, 0.6) is 0 Å². The molecule has 1 N–H and O–H groups in total. The van der Waals surface area contributed by atoms with Crippen LogP contribution in [0.3, 0.4) is 0 Å². The lowest BCUT2D eigenvalue weighted by molar-refractivity contribution is -0.141. The van der Waals surface area contributed by atoms with Crippen LogP contribution < -0.4 is 5.32 Å². The standard InChI is InChI=1S/C19H25N5O3S/c1-12-16(13(2)27-22-12)17(25)23-7-4-19(5-8-23)18(26)20-6-9-24(19)10-15-11-28-14(3)21-15/h11H,4-10H2,1-3H3,(H,20,26). The van der Waals surface area contributed by atoms with Crippen molar-refractivity contribution in [2.45, 2.75) is 45.7 Å². The van der Waals surface area contributed by atoms with Gasteiger partial charge in [-0.25, -0.2) is 4.98 Å². The zero-order chi connectivity index (χ0) is 19.9. The van der Waals surface area contributed by atoms with Gasteiger partial charge in [-0.3, -0.25) is 14.5 Å². The number of likely N-dealkylation sites (tertiary alicyclic amines) is 1. The van der Waals surface area contributed by atoms with E-state index in [1.807, 2.05) is 11.8 Å². The molecular formula is C19H25N5O3S. The molecule has 1 spiro atoms. The van der Waals surface area contributed by atoms with Gasteiger partial charge in [-0.2, -0.15) is 0 Å². The Morgan fingerprint density at radius 3 is 2.64 bits per heavy atom. The highest BCUT2D eigenvalue weighted by molar-refractivity contribution is 7.09. The number of carbonyl (C=O) groups is 2. The maximum absolute atomic E-state index is 12.9. The molecule has 0 atom stereocenters. The van der Waals surface area contributed by atoms with Crippen molar-refractivity contribution in [1.82, 2.24) is 25.3 Å². The van der Waals surface area contributed by atoms with Crippen LogP contribution in [-0.4, -0.2) is 63.5 Å². The van der Waals surface area contributed by atoms with E-state index >= 15 is 0 Å². The molecule has 2 aliphatic rings. The van der Waals surface area contributed by atoms with Gasteiger partial charge in [-0.1, -0.05) is 5.16 Å². The zero-order valence-electron chi connectivity index (χ0n) is 16.4. The molecule has 2 fully saturated rings. The van der Waals surface area contributed by atoms with Crippen molar-refractivity contribution >= 4 is 23.2 Å². The maximum Gasteiger partial charge on any atom is 0.259 e. The second kappa shape index (κ2) is 7.29. The Bertz CT molecular complexity index is 878. The lowest BCUT2D eigenvalue weighted by atomic mass is 9.82. The molecule has 4 heterocycles. The summed E-state index contributed by atoms with van der Waals surface area (Å²) in [5.41, 5.74) is 1.58. The number of rotatable bonds is 3. The Morgan fingerprint density at radius 2 is 2.04 bits per heavy atom. The summed E-state index contributed by atoms with van der Waals surface area (Å²) >= 11 is 1.63. The van der Waals surface area contributed by atoms with Crippen molar-refractivity contribution in [2.75, 3.05) is 26.2 Å². The van der Waals surface area contributed by atoms with Crippen molar-refractivity contribution in [3.05, 3.63) is 33.1 Å². The smallest absolute Gasteiger partial charge is 0.259 e. The normalized spacial score (nSPS) is 19.8. The molecule has 0 bridgehead atoms. The molecule has 2 aromatic rings. The molecule has 9 heteroatoms. The first-order valence-corrected chi connectivity index (χ1v) is 10.5. The van der Waals surface area contributed by atoms with Gasteiger partial charge in [0.1, 0.15) is 16.9 Å². The lowest BCUT2D eigenvalue weighted by Gasteiger charge is -2.49. The van der Waals surface area contributed by atoms with Crippen LogP contribution in [0.15, 0.2) is 9.90 Å². The highest BCUT2D eigenvalue weighted by Crippen LogP contribution is 2.33. The van der Waals surface area contributed by atoms with Gasteiger partial charge < -0.3 is 14.7 Å². The fourth-order valence-corrected chi connectivity index (χ4v) is 4.91. The van der Waals surface area contributed by atoms with Crippen LogP contribution in [0.1, 0.15) is 45.4 Å². The molecule has 150 valence electrons. The topological polar surface area (TPSA) is 91.6 Å². The van der Waals surface area contributed by atoms with E-state index in [1.54, 1.807) is 25.2 Å². The average Bonchev–Trinajstić information content (AvgIpc) is 3.24. The monoisotopic (exact) mass is 403 g/mol. The summed E-state index contributed by atoms with van der Waals surface area (Å²) in [5, 5.41) is 10.0. The number of nitrogens with zero attached hydrogens (tertiary/aromatic N) is 4. The first-order valence-electron chi connectivity index (χ1n) is 9.57. The SMILES string of the molecule is Cc1nc(CN2CCNC(=O)C23CCN(C(=O)c2c(C)noc2C)CC3)cs1. The van der Waals surface area contributed by atoms with Crippen LogP contribution in [0.2, 0.25) is 0 Å². The molecule has 0 aliphatic carbocycles. The van der Waals surface area contributed by atoms with Crippen LogP contribution in [0, 0.1) is 20.8 Å². The fraction of sp³-hybridized carbons (Fsp3) is 0.579. The largest absolute Gasteiger partial charge is 0.361 e. The summed E-state index contributed by atoms with van der Waals surface area (Å²) in [6, 6.07) is 0. The summed E-state index contributed by atoms with van der Waals surface area (Å²) in [4.78, 5) is 34.5. The number of carbonyl (C=O) groups excluding carboxylic acids is 2. The minimum atomic E-state index is -0.578. The molecule has 0 saturated carbocycles. The Morgan fingerprint density at radius 1 is 1.29 bits per heavy atom. The van der Waals surface area contributed by atoms with Gasteiger partial charge in [0.15, 0.2) is 0 Å². The fourth-order valence-electron chi connectivity index (χ4n) is 4.30. The molecule has 2 amide bonds. The van der Waals surface area contributed by atoms with Crippen molar-refractivity contribution in [3.8, 4) is 0 Å². The Hall–Kier alpha value is -2.26. The predicted octanol–water partition coefficient (Wildman–Crippen LogP) is 1.66. The van der Waals surface area contributed by atoms with Crippen molar-refractivity contribution in [1.29, 1.82) is 0 Å². The Balaban J connectivity index is 1.51. The van der Waals surface area contributed by atoms with E-state index in [0.29, 0.717) is 56.0 Å². The number of piperazine rings is 1. The molecule has 0 unspecified atom stereocenters. The molecule has 0 radical (unpaired) electrons. The second-order valence-electron chi connectivity index (χ2n) is 7.56. The summed E-state index contributed by atoms with van der Waals surface area (Å²) < 4.78 is 5.14. The summed E-state index contributed by atoms with van der Waals surface area (Å²) in [6.45, 7) is 8.69. The van der Waals surface area contributed by atoms with E-state index in [4.69, 9.17) is 4.52 Å². The first-order chi connectivity index (χ1) is 13.4. The van der Waals surface area contributed by atoms with E-state index in [0.717, 1.165) is 17.2 Å². The minimum absolute atomic E-state index is 0.0649. The summed E-state index contributed by atoms with van der Waals surface area (Å²) in [7, 11) is 0. The van der Waals surface area contributed by atoms with E-state index in [9.17, 15) is 9.59 Å². The minimum Gasteiger partial charge on any atom is -0.361 e. The van der Waals surface area contributed by atoms with E-state index in [-0.39, 0.29) is 11.8 Å². The molecule has 4 rings (SSSR count). The molecule has 28 heavy (non-hydrogen) atoms. The number of piperidine rings is 1. The van der Waals surface area contributed by atoms with Crippen molar-refractivity contribution in [3.63, 3.8) is 0 Å². The summed E-state index contributed by atoms with van der Waals surface area (Å²) in [5.74, 6) is 0.540. The third-order valence-corrected chi connectivity index (χ3v) is 6.66. The van der Waals surface area contributed by atoms with E-state index in [1.165, 1.54) is 0 Å². The van der Waals surface area contributed by atoms with Gasteiger partial charge >= 0.3 is 0 Å². The summed E-state index contributed by atoms with van der Waals surface area (Å²) in [6.07, 6.45) is 1.22. The maximum atomic E-state index is 12.9. The predicted molar refractivity (Wildman–Crippen MR) is 104 cm³/mol. The van der Waals surface area contributed by atoms with Gasteiger partial charge in [0.25, 0.3) is 5.91 Å². The number of thiazole rings is 1. The molecule has 0 aromatic carbocycles. The Labute approximate surface area is 167 Å². The molecule has 8 nitrogen and oxygen atoms in total. The number of aryl methyl sites for hydroxylation is 3. The number of amides is 2. The van der Waals surface area contributed by atoms with Crippen LogP contribution in [0.4, 0.5) is 0 Å². The van der Waals surface area contributed by atoms with E-state index in [2.05, 4.69) is 25.7 Å². The average molecular weight is 404 g/mol. The van der Waals surface area contributed by atoms with Crippen LogP contribution in [-0.2, 0) is 11.3 Å². The zero-order valence-corrected chi connectivity index (χ0v) is 17.3. The number of hydrogen-bond donors (Lipinski definition) is 1. The van der Waals surface area contributed by atoms with Gasteiger partial charge in [-0.15, -0.1) is 11.3 Å². The highest BCUT2D eigenvalue weighted by atomic mass is 32.1. The van der Waals surface area contributed by atoms with Gasteiger partial charge in [-0.05, 0) is 33.6 Å². The van der Waals surface area contributed by atoms with Crippen LogP contribution >= 0.6 is 11.3 Å². The molecule has 2 saturated heterocycles. The first kappa shape index (κ1) is 19.1. The number of hydrogen-bond acceptors (Lipinski definition) is 7. The van der Waals surface area contributed by atoms with Crippen molar-refractivity contribution < 1.29 is 14.1 Å². The van der Waals surface area contributed by atoms with Gasteiger partial charge in [0.05, 0.1) is 16.4 Å². The van der Waals surface area contributed by atoms with E-state index < -0.39 is 5.54 Å².